The molecule has 0 spiro atoms. The van der Waals surface area contributed by atoms with Crippen LogP contribution in [0.25, 0.3) is 0 Å². The van der Waals surface area contributed by atoms with Gasteiger partial charge < -0.3 is 5.32 Å². The van der Waals surface area contributed by atoms with Crippen LogP contribution in [0.5, 0.6) is 0 Å². The summed E-state index contributed by atoms with van der Waals surface area (Å²) < 4.78 is 2.52. The Morgan fingerprint density at radius 3 is 2.67 bits per heavy atom. The standard InChI is InChI=1S/C13H20BrN3O/c1-8(2)15-6-9(3)7-17-11(5)12(14)10(4)16-13(17)18/h8,15H,3,6-7H2,1-2,4-5H3. The van der Waals surface area contributed by atoms with Gasteiger partial charge in [-0.15, -0.1) is 0 Å². The van der Waals surface area contributed by atoms with Crippen LogP contribution in [-0.2, 0) is 6.54 Å². The molecule has 4 nitrogen and oxygen atoms in total. The number of aromatic nitrogens is 2. The second kappa shape index (κ2) is 6.29. The largest absolute Gasteiger partial charge is 0.348 e. The molecule has 0 aliphatic rings. The van der Waals surface area contributed by atoms with E-state index < -0.39 is 0 Å². The molecular weight excluding hydrogens is 294 g/mol. The van der Waals surface area contributed by atoms with Gasteiger partial charge in [0.2, 0.25) is 0 Å². The average Bonchev–Trinajstić information content (AvgIpc) is 2.29. The normalized spacial score (nSPS) is 11.0. The van der Waals surface area contributed by atoms with Crippen LogP contribution in [0.15, 0.2) is 21.4 Å². The fraction of sp³-hybridized carbons (Fsp3) is 0.538. The van der Waals surface area contributed by atoms with Crippen LogP contribution in [0.3, 0.4) is 0 Å². The maximum Gasteiger partial charge on any atom is 0.348 e. The molecule has 1 aromatic rings. The van der Waals surface area contributed by atoms with Gasteiger partial charge in [0, 0.05) is 24.8 Å². The molecule has 0 bridgehead atoms. The Morgan fingerprint density at radius 1 is 1.50 bits per heavy atom. The molecular formula is C13H20BrN3O. The minimum Gasteiger partial charge on any atom is -0.311 e. The lowest BCUT2D eigenvalue weighted by Gasteiger charge is -2.15. The molecule has 5 heteroatoms. The smallest absolute Gasteiger partial charge is 0.311 e. The van der Waals surface area contributed by atoms with E-state index in [1.165, 1.54) is 0 Å². The summed E-state index contributed by atoms with van der Waals surface area (Å²) in [6, 6.07) is 0.405. The van der Waals surface area contributed by atoms with Crippen LogP contribution in [0.4, 0.5) is 0 Å². The Morgan fingerprint density at radius 2 is 2.11 bits per heavy atom. The molecule has 0 fully saturated rings. The van der Waals surface area contributed by atoms with E-state index in [0.29, 0.717) is 19.1 Å². The molecule has 1 N–H and O–H groups in total. The van der Waals surface area contributed by atoms with Crippen LogP contribution in [0, 0.1) is 13.8 Å². The second-order valence-corrected chi connectivity index (χ2v) is 5.54. The lowest BCUT2D eigenvalue weighted by Crippen LogP contribution is -2.30. The number of halogens is 1. The summed E-state index contributed by atoms with van der Waals surface area (Å²) in [5.41, 5.74) is 2.35. The van der Waals surface area contributed by atoms with Crippen LogP contribution in [0.1, 0.15) is 25.2 Å². The van der Waals surface area contributed by atoms with Crippen LogP contribution in [-0.4, -0.2) is 22.1 Å². The van der Waals surface area contributed by atoms with Gasteiger partial charge in [0.15, 0.2) is 0 Å². The highest BCUT2D eigenvalue weighted by Crippen LogP contribution is 2.17. The fourth-order valence-electron chi connectivity index (χ4n) is 1.59. The molecule has 18 heavy (non-hydrogen) atoms. The fourth-order valence-corrected chi connectivity index (χ4v) is 1.89. The van der Waals surface area contributed by atoms with Crippen molar-refractivity contribution in [3.63, 3.8) is 0 Å². The van der Waals surface area contributed by atoms with Gasteiger partial charge in [-0.1, -0.05) is 20.4 Å². The van der Waals surface area contributed by atoms with Gasteiger partial charge in [-0.05, 0) is 35.4 Å². The first-order chi connectivity index (χ1) is 8.32. The van der Waals surface area contributed by atoms with Crippen molar-refractivity contribution in [3.05, 3.63) is 38.5 Å². The molecule has 0 unspecified atom stereocenters. The second-order valence-electron chi connectivity index (χ2n) is 4.75. The average molecular weight is 314 g/mol. The van der Waals surface area contributed by atoms with Crippen molar-refractivity contribution in [2.45, 2.75) is 40.3 Å². The van der Waals surface area contributed by atoms with Crippen molar-refractivity contribution in [3.8, 4) is 0 Å². The molecule has 0 atom stereocenters. The summed E-state index contributed by atoms with van der Waals surface area (Å²) in [7, 11) is 0. The lowest BCUT2D eigenvalue weighted by molar-refractivity contribution is 0.591. The molecule has 100 valence electrons. The number of hydrogen-bond acceptors (Lipinski definition) is 3. The predicted octanol–water partition coefficient (Wildman–Crippen LogP) is 2.18. The third-order valence-electron chi connectivity index (χ3n) is 2.68. The first-order valence-corrected chi connectivity index (χ1v) is 6.75. The van der Waals surface area contributed by atoms with Crippen LogP contribution >= 0.6 is 15.9 Å². The van der Waals surface area contributed by atoms with E-state index in [4.69, 9.17) is 0 Å². The maximum atomic E-state index is 11.9. The van der Waals surface area contributed by atoms with Gasteiger partial charge in [0.1, 0.15) is 0 Å². The first-order valence-electron chi connectivity index (χ1n) is 5.96. The van der Waals surface area contributed by atoms with Gasteiger partial charge >= 0.3 is 5.69 Å². The number of nitrogens with one attached hydrogen (secondary N) is 1. The molecule has 0 radical (unpaired) electrons. The number of rotatable bonds is 5. The van der Waals surface area contributed by atoms with Crippen molar-refractivity contribution >= 4 is 15.9 Å². The Hall–Kier alpha value is -0.940. The van der Waals surface area contributed by atoms with Crippen molar-refractivity contribution in [1.29, 1.82) is 0 Å². The van der Waals surface area contributed by atoms with Gasteiger partial charge in [-0.2, -0.15) is 4.98 Å². The molecule has 0 aliphatic heterocycles. The van der Waals surface area contributed by atoms with Gasteiger partial charge in [0.05, 0.1) is 10.2 Å². The summed E-state index contributed by atoms with van der Waals surface area (Å²) >= 11 is 3.45. The lowest BCUT2D eigenvalue weighted by atomic mass is 10.2. The first kappa shape index (κ1) is 15.1. The minimum atomic E-state index is -0.223. The molecule has 0 saturated carbocycles. The third-order valence-corrected chi connectivity index (χ3v) is 3.82. The molecule has 0 amide bonds. The van der Waals surface area contributed by atoms with Crippen molar-refractivity contribution < 1.29 is 0 Å². The quantitative estimate of drug-likeness (QED) is 0.848. The van der Waals surface area contributed by atoms with Crippen molar-refractivity contribution in [2.24, 2.45) is 0 Å². The number of aryl methyl sites for hydroxylation is 1. The monoisotopic (exact) mass is 313 g/mol. The Bertz CT molecular complexity index is 506. The summed E-state index contributed by atoms with van der Waals surface area (Å²) in [5, 5.41) is 3.28. The molecule has 0 aliphatic carbocycles. The van der Waals surface area contributed by atoms with Gasteiger partial charge in [0.25, 0.3) is 0 Å². The molecule has 1 heterocycles. The summed E-state index contributed by atoms with van der Waals surface area (Å²) in [5.74, 6) is 0. The maximum absolute atomic E-state index is 11.9. The van der Waals surface area contributed by atoms with E-state index in [0.717, 1.165) is 21.4 Å². The molecule has 0 saturated heterocycles. The highest BCUT2D eigenvalue weighted by Gasteiger charge is 2.10. The topological polar surface area (TPSA) is 46.9 Å². The molecule has 0 aromatic carbocycles. The zero-order valence-electron chi connectivity index (χ0n) is 11.4. The van der Waals surface area contributed by atoms with Crippen LogP contribution < -0.4 is 11.0 Å². The third kappa shape index (κ3) is 3.78. The van der Waals surface area contributed by atoms with E-state index >= 15 is 0 Å². The zero-order valence-corrected chi connectivity index (χ0v) is 13.0. The number of nitrogens with zero attached hydrogens (tertiary/aromatic N) is 2. The minimum absolute atomic E-state index is 0.223. The predicted molar refractivity (Wildman–Crippen MR) is 77.9 cm³/mol. The van der Waals surface area contributed by atoms with Gasteiger partial charge in [-0.25, -0.2) is 4.79 Å². The highest BCUT2D eigenvalue weighted by atomic mass is 79.9. The summed E-state index contributed by atoms with van der Waals surface area (Å²) in [6.07, 6.45) is 0. The Kier molecular flexibility index (Phi) is 5.28. The Labute approximate surface area is 116 Å². The van der Waals surface area contributed by atoms with E-state index in [1.54, 1.807) is 4.57 Å². The van der Waals surface area contributed by atoms with Gasteiger partial charge in [-0.3, -0.25) is 4.57 Å². The highest BCUT2D eigenvalue weighted by molar-refractivity contribution is 9.10. The van der Waals surface area contributed by atoms with Crippen LogP contribution in [0.2, 0.25) is 0 Å². The SMILES string of the molecule is C=C(CNC(C)C)Cn1c(C)c(Br)c(C)nc1=O. The molecule has 1 aromatic heterocycles. The van der Waals surface area contributed by atoms with Crippen molar-refractivity contribution in [1.82, 2.24) is 14.9 Å². The number of hydrogen-bond donors (Lipinski definition) is 1. The Balaban J connectivity index is 2.89. The van der Waals surface area contributed by atoms with E-state index in [9.17, 15) is 4.79 Å². The van der Waals surface area contributed by atoms with Crippen molar-refractivity contribution in [2.75, 3.05) is 6.54 Å². The zero-order chi connectivity index (χ0) is 13.9. The van der Waals surface area contributed by atoms with E-state index in [1.807, 2.05) is 13.8 Å². The van der Waals surface area contributed by atoms with E-state index in [-0.39, 0.29) is 5.69 Å². The summed E-state index contributed by atoms with van der Waals surface area (Å²) in [6.45, 7) is 13.1. The summed E-state index contributed by atoms with van der Waals surface area (Å²) in [4.78, 5) is 15.8. The van der Waals surface area contributed by atoms with E-state index in [2.05, 4.69) is 46.7 Å². The molecule has 1 rings (SSSR count).